The molecule has 0 aliphatic carbocycles. The number of rotatable bonds is 5. The molecule has 1 aromatic carbocycles. The molecule has 0 aliphatic rings. The van der Waals surface area contributed by atoms with Gasteiger partial charge in [0.2, 0.25) is 5.78 Å². The second kappa shape index (κ2) is 7.12. The fourth-order valence-corrected chi connectivity index (χ4v) is 3.20. The predicted molar refractivity (Wildman–Crippen MR) is 104 cm³/mol. The molecule has 0 amide bonds. The van der Waals surface area contributed by atoms with Gasteiger partial charge in [-0.1, -0.05) is 17.9 Å². The van der Waals surface area contributed by atoms with Crippen LogP contribution in [0.25, 0.3) is 10.9 Å². The van der Waals surface area contributed by atoms with Crippen LogP contribution in [0.15, 0.2) is 30.0 Å². The van der Waals surface area contributed by atoms with Crippen LogP contribution in [-0.2, 0) is 0 Å². The summed E-state index contributed by atoms with van der Waals surface area (Å²) in [4.78, 5) is 14.5. The third-order valence-corrected chi connectivity index (χ3v) is 4.40. The van der Waals surface area contributed by atoms with Crippen molar-refractivity contribution >= 4 is 43.7 Å². The number of hydrogen-bond donors (Lipinski definition) is 1. The Morgan fingerprint density at radius 2 is 2.13 bits per heavy atom. The Bertz CT molecular complexity index is 830. The van der Waals surface area contributed by atoms with E-state index in [9.17, 15) is 4.79 Å². The van der Waals surface area contributed by atoms with Crippen molar-refractivity contribution in [3.8, 4) is 12.3 Å². The van der Waals surface area contributed by atoms with E-state index in [0.29, 0.717) is 11.3 Å². The SMILES string of the molecule is C#C/C(=C\N(C)C)C(=O)c1cc2cc(C)c(NSC)cc2n1P. The number of benzene rings is 1. The molecule has 1 atom stereocenters. The van der Waals surface area contributed by atoms with E-state index in [0.717, 1.165) is 22.2 Å². The van der Waals surface area contributed by atoms with Crippen LogP contribution >= 0.6 is 21.3 Å². The lowest BCUT2D eigenvalue weighted by atomic mass is 10.1. The third kappa shape index (κ3) is 3.55. The lowest BCUT2D eigenvalue weighted by Gasteiger charge is -2.09. The number of ketones is 1. The van der Waals surface area contributed by atoms with Gasteiger partial charge in [-0.05, 0) is 40.1 Å². The van der Waals surface area contributed by atoms with E-state index >= 15 is 0 Å². The van der Waals surface area contributed by atoms with Crippen molar-refractivity contribution in [1.82, 2.24) is 9.24 Å². The molecular formula is C17H20N3OPS. The van der Waals surface area contributed by atoms with Gasteiger partial charge in [0, 0.05) is 37.6 Å². The maximum atomic E-state index is 12.7. The summed E-state index contributed by atoms with van der Waals surface area (Å²) < 4.78 is 5.06. The molecular weight excluding hydrogens is 325 g/mol. The topological polar surface area (TPSA) is 37.3 Å². The summed E-state index contributed by atoms with van der Waals surface area (Å²) in [6, 6.07) is 5.98. The second-order valence-corrected chi connectivity index (χ2v) is 6.54. The van der Waals surface area contributed by atoms with Crippen LogP contribution in [0.3, 0.4) is 0 Å². The zero-order valence-electron chi connectivity index (χ0n) is 13.7. The molecule has 0 bridgehead atoms. The highest BCUT2D eigenvalue weighted by Gasteiger charge is 2.17. The minimum absolute atomic E-state index is 0.163. The van der Waals surface area contributed by atoms with Gasteiger partial charge in [0.15, 0.2) is 0 Å². The smallest absolute Gasteiger partial charge is 0.219 e. The molecule has 0 aliphatic heterocycles. The van der Waals surface area contributed by atoms with Crippen molar-refractivity contribution in [3.05, 3.63) is 41.2 Å². The first-order valence-corrected chi connectivity index (χ1v) is 8.73. The first kappa shape index (κ1) is 17.5. The lowest BCUT2D eigenvalue weighted by Crippen LogP contribution is -2.10. The van der Waals surface area contributed by atoms with Gasteiger partial charge in [-0.25, -0.2) is 0 Å². The Morgan fingerprint density at radius 1 is 1.43 bits per heavy atom. The zero-order valence-corrected chi connectivity index (χ0v) is 15.6. The second-order valence-electron chi connectivity index (χ2n) is 5.41. The molecule has 0 spiro atoms. The highest BCUT2D eigenvalue weighted by molar-refractivity contribution is 7.99. The van der Waals surface area contributed by atoms with Gasteiger partial charge >= 0.3 is 0 Å². The Hall–Kier alpha value is -1.89. The van der Waals surface area contributed by atoms with E-state index in [1.807, 2.05) is 43.7 Å². The van der Waals surface area contributed by atoms with Crippen molar-refractivity contribution < 1.29 is 4.79 Å². The highest BCUT2D eigenvalue weighted by Crippen LogP contribution is 2.30. The van der Waals surface area contributed by atoms with Gasteiger partial charge in [-0.3, -0.25) is 4.79 Å². The molecule has 23 heavy (non-hydrogen) atoms. The molecule has 1 N–H and O–H groups in total. The third-order valence-electron chi connectivity index (χ3n) is 3.42. The maximum absolute atomic E-state index is 12.7. The minimum atomic E-state index is -0.163. The normalized spacial score (nSPS) is 11.4. The van der Waals surface area contributed by atoms with Crippen molar-refractivity contribution in [2.45, 2.75) is 6.92 Å². The standard InChI is InChI=1S/C17H20N3OPS/c1-6-12(10-19(3)4)17(21)16-8-13-7-11(2)14(18-23-5)9-15(13)20(16)22/h1,7-10,18H,22H2,2-5H3/b12-10+. The summed E-state index contributed by atoms with van der Waals surface area (Å²) in [5.74, 6) is 2.32. The van der Waals surface area contributed by atoms with Crippen LogP contribution < -0.4 is 4.72 Å². The van der Waals surface area contributed by atoms with E-state index in [4.69, 9.17) is 6.42 Å². The molecule has 6 heteroatoms. The van der Waals surface area contributed by atoms with Crippen LogP contribution in [0.4, 0.5) is 5.69 Å². The quantitative estimate of drug-likeness (QED) is 0.296. The van der Waals surface area contributed by atoms with Gasteiger partial charge in [-0.15, -0.1) is 6.42 Å². The number of nitrogens with zero attached hydrogens (tertiary/aromatic N) is 2. The van der Waals surface area contributed by atoms with Gasteiger partial charge < -0.3 is 14.0 Å². The number of anilines is 1. The Kier molecular flexibility index (Phi) is 5.41. The molecule has 2 rings (SSSR count). The number of nitrogens with one attached hydrogen (secondary N) is 1. The summed E-state index contributed by atoms with van der Waals surface area (Å²) in [5.41, 5.74) is 4.01. The molecule has 0 fully saturated rings. The number of carbonyl (C=O) groups is 1. The van der Waals surface area contributed by atoms with Crippen LogP contribution in [0, 0.1) is 19.3 Å². The van der Waals surface area contributed by atoms with Crippen LogP contribution in [0.1, 0.15) is 16.1 Å². The summed E-state index contributed by atoms with van der Waals surface area (Å²) in [6.07, 6.45) is 9.14. The molecule has 0 saturated heterocycles. The number of fused-ring (bicyclic) bond motifs is 1. The molecule has 2 aromatic rings. The summed E-state index contributed by atoms with van der Waals surface area (Å²) in [6.45, 7) is 2.04. The van der Waals surface area contributed by atoms with Gasteiger partial charge in [0.25, 0.3) is 0 Å². The number of allylic oxidation sites excluding steroid dienone is 1. The molecule has 1 heterocycles. The fraction of sp³-hybridized carbons (Fsp3) is 0.235. The van der Waals surface area contributed by atoms with Crippen molar-refractivity contribution in [2.75, 3.05) is 25.1 Å². The maximum Gasteiger partial charge on any atom is 0.219 e. The fourth-order valence-electron chi connectivity index (χ4n) is 2.34. The minimum Gasteiger partial charge on any atom is -0.382 e. The molecule has 1 unspecified atom stereocenters. The number of aromatic nitrogens is 1. The molecule has 1 aromatic heterocycles. The highest BCUT2D eigenvalue weighted by atomic mass is 32.2. The summed E-state index contributed by atoms with van der Waals surface area (Å²) >= 11 is 1.54. The van der Waals surface area contributed by atoms with Crippen LogP contribution in [0.2, 0.25) is 0 Å². The molecule has 0 radical (unpaired) electrons. The first-order valence-electron chi connectivity index (χ1n) is 6.98. The lowest BCUT2D eigenvalue weighted by molar-refractivity contribution is 0.103. The van der Waals surface area contributed by atoms with E-state index in [-0.39, 0.29) is 5.78 Å². The van der Waals surface area contributed by atoms with Gasteiger partial charge in [0.1, 0.15) is 0 Å². The first-order chi connectivity index (χ1) is 10.9. The summed E-state index contributed by atoms with van der Waals surface area (Å²) in [7, 11) is 6.27. The monoisotopic (exact) mass is 345 g/mol. The summed E-state index contributed by atoms with van der Waals surface area (Å²) in [5, 5.41) is 1.01. The Balaban J connectivity index is 2.57. The number of carbonyl (C=O) groups excluding carboxylic acids is 1. The van der Waals surface area contributed by atoms with Crippen molar-refractivity contribution in [3.63, 3.8) is 0 Å². The average molecular weight is 345 g/mol. The van der Waals surface area contributed by atoms with Gasteiger partial charge in [-0.2, -0.15) is 0 Å². The number of aryl methyl sites for hydroxylation is 1. The van der Waals surface area contributed by atoms with E-state index < -0.39 is 0 Å². The Morgan fingerprint density at radius 3 is 2.70 bits per heavy atom. The van der Waals surface area contributed by atoms with E-state index in [1.165, 1.54) is 11.9 Å². The van der Waals surface area contributed by atoms with E-state index in [1.54, 1.807) is 11.1 Å². The predicted octanol–water partition coefficient (Wildman–Crippen LogP) is 3.54. The van der Waals surface area contributed by atoms with Crippen molar-refractivity contribution in [1.29, 1.82) is 0 Å². The van der Waals surface area contributed by atoms with Gasteiger partial charge in [0.05, 0.1) is 16.8 Å². The number of hydrogen-bond acceptors (Lipinski definition) is 4. The van der Waals surface area contributed by atoms with Crippen LogP contribution in [0.5, 0.6) is 0 Å². The molecule has 120 valence electrons. The van der Waals surface area contributed by atoms with E-state index in [2.05, 4.69) is 26.1 Å². The largest absolute Gasteiger partial charge is 0.382 e. The van der Waals surface area contributed by atoms with Crippen molar-refractivity contribution in [2.24, 2.45) is 0 Å². The van der Waals surface area contributed by atoms with Crippen LogP contribution in [-0.4, -0.2) is 35.4 Å². The number of terminal acetylenes is 1. The Labute approximate surface area is 143 Å². The molecule has 0 saturated carbocycles. The molecule has 4 nitrogen and oxygen atoms in total. The number of Topliss-reactive ketones (excluding diaryl/α,β-unsaturated/α-hetero) is 1. The zero-order chi connectivity index (χ0) is 17.1. The average Bonchev–Trinajstić information content (AvgIpc) is 2.81.